The van der Waals surface area contributed by atoms with Crippen LogP contribution in [0.1, 0.15) is 38.9 Å². The van der Waals surface area contributed by atoms with Crippen LogP contribution in [0.15, 0.2) is 114 Å². The highest BCUT2D eigenvalue weighted by atomic mass is 35.5. The van der Waals surface area contributed by atoms with Crippen molar-refractivity contribution in [3.8, 4) is 5.69 Å². The fourth-order valence-corrected chi connectivity index (χ4v) is 5.20. The van der Waals surface area contributed by atoms with E-state index in [4.69, 9.17) is 11.6 Å². The minimum atomic E-state index is -0.416. The van der Waals surface area contributed by atoms with Crippen LogP contribution in [0.5, 0.6) is 0 Å². The Bertz CT molecular complexity index is 1490. The third-order valence-electron chi connectivity index (χ3n) is 6.17. The zero-order valence-electron chi connectivity index (χ0n) is 20.9. The van der Waals surface area contributed by atoms with E-state index in [0.717, 1.165) is 22.2 Å². The molecule has 0 bridgehead atoms. The molecule has 0 fully saturated rings. The van der Waals surface area contributed by atoms with Crippen LogP contribution in [0.2, 0.25) is 5.02 Å². The van der Waals surface area contributed by atoms with Crippen molar-refractivity contribution in [2.45, 2.75) is 30.3 Å². The molecule has 1 unspecified atom stereocenters. The topological polar surface area (TPSA) is 59.8 Å². The summed E-state index contributed by atoms with van der Waals surface area (Å²) in [6.45, 7) is 2.06. The second-order valence-corrected chi connectivity index (χ2v) is 10.4. The van der Waals surface area contributed by atoms with Crippen LogP contribution in [0, 0.1) is 6.92 Å². The molecular weight excluding hydrogens is 512 g/mol. The van der Waals surface area contributed by atoms with Gasteiger partial charge in [-0.05, 0) is 60.9 Å². The maximum absolute atomic E-state index is 13.3. The molecule has 1 heterocycles. The minimum Gasteiger partial charge on any atom is -0.342 e. The lowest BCUT2D eigenvalue weighted by molar-refractivity contribution is 0.0934. The Morgan fingerprint density at radius 2 is 1.47 bits per heavy atom. The molecule has 1 aromatic heterocycles. The highest BCUT2D eigenvalue weighted by molar-refractivity contribution is 7.98. The summed E-state index contributed by atoms with van der Waals surface area (Å²) in [7, 11) is 0. The maximum atomic E-state index is 13.3. The molecule has 5 rings (SSSR count). The van der Waals surface area contributed by atoms with Gasteiger partial charge in [0.15, 0.2) is 11.0 Å². The van der Waals surface area contributed by atoms with Crippen molar-refractivity contribution in [1.29, 1.82) is 0 Å². The van der Waals surface area contributed by atoms with Crippen LogP contribution in [0.3, 0.4) is 0 Å². The maximum Gasteiger partial charge on any atom is 0.251 e. The van der Waals surface area contributed by atoms with Gasteiger partial charge in [-0.25, -0.2) is 0 Å². The lowest BCUT2D eigenvalue weighted by Gasteiger charge is -2.20. The lowest BCUT2D eigenvalue weighted by atomic mass is 10.0. The predicted molar refractivity (Wildman–Crippen MR) is 154 cm³/mol. The van der Waals surface area contributed by atoms with E-state index in [1.807, 2.05) is 36.4 Å². The van der Waals surface area contributed by atoms with Gasteiger partial charge in [0.2, 0.25) is 0 Å². The molecule has 0 aliphatic heterocycles. The van der Waals surface area contributed by atoms with Gasteiger partial charge in [0.25, 0.3) is 5.91 Å². The summed E-state index contributed by atoms with van der Waals surface area (Å²) in [5.74, 6) is 1.24. The summed E-state index contributed by atoms with van der Waals surface area (Å²) in [6.07, 6.45) is 0.563. The molecule has 7 heteroatoms. The number of thioether (sulfide) groups is 1. The minimum absolute atomic E-state index is 0.195. The van der Waals surface area contributed by atoms with Gasteiger partial charge in [0, 0.05) is 22.0 Å². The first-order chi connectivity index (χ1) is 18.6. The predicted octanol–water partition coefficient (Wildman–Crippen LogP) is 7.24. The van der Waals surface area contributed by atoms with Crippen LogP contribution in [0.25, 0.3) is 5.69 Å². The molecule has 0 aliphatic rings. The van der Waals surface area contributed by atoms with Crippen LogP contribution in [-0.4, -0.2) is 20.7 Å². The summed E-state index contributed by atoms with van der Waals surface area (Å²) in [6, 6.07) is 35.1. The molecule has 1 N–H and O–H groups in total. The van der Waals surface area contributed by atoms with Gasteiger partial charge in [-0.2, -0.15) is 0 Å². The number of rotatable bonds is 9. The first kappa shape index (κ1) is 25.8. The van der Waals surface area contributed by atoms with E-state index >= 15 is 0 Å². The van der Waals surface area contributed by atoms with E-state index in [2.05, 4.69) is 75.5 Å². The van der Waals surface area contributed by atoms with Crippen LogP contribution in [0.4, 0.5) is 0 Å². The van der Waals surface area contributed by atoms with Gasteiger partial charge in [0.05, 0.1) is 6.04 Å². The molecule has 4 aromatic carbocycles. The fraction of sp³-hybridized carbons (Fsp3) is 0.129. The molecule has 0 saturated heterocycles. The van der Waals surface area contributed by atoms with E-state index < -0.39 is 6.04 Å². The van der Waals surface area contributed by atoms with Crippen molar-refractivity contribution < 1.29 is 4.79 Å². The van der Waals surface area contributed by atoms with Crippen molar-refractivity contribution in [1.82, 2.24) is 20.1 Å². The number of benzene rings is 4. The van der Waals surface area contributed by atoms with Gasteiger partial charge < -0.3 is 5.32 Å². The van der Waals surface area contributed by atoms with Crippen LogP contribution >= 0.6 is 23.4 Å². The van der Waals surface area contributed by atoms with E-state index in [1.165, 1.54) is 11.1 Å². The molecular formula is C31H27ClN4OS. The number of nitrogens with zero attached hydrogens (tertiary/aromatic N) is 3. The summed E-state index contributed by atoms with van der Waals surface area (Å²) >= 11 is 7.67. The smallest absolute Gasteiger partial charge is 0.251 e. The molecule has 38 heavy (non-hydrogen) atoms. The summed E-state index contributed by atoms with van der Waals surface area (Å²) in [4.78, 5) is 13.3. The fourth-order valence-electron chi connectivity index (χ4n) is 4.16. The first-order valence-corrected chi connectivity index (χ1v) is 13.7. The molecule has 0 aliphatic carbocycles. The lowest BCUT2D eigenvalue weighted by Crippen LogP contribution is -2.32. The Morgan fingerprint density at radius 1 is 0.842 bits per heavy atom. The molecule has 0 saturated carbocycles. The van der Waals surface area contributed by atoms with Crippen molar-refractivity contribution in [3.63, 3.8) is 0 Å². The summed E-state index contributed by atoms with van der Waals surface area (Å²) < 4.78 is 2.06. The molecule has 1 atom stereocenters. The number of hydrogen-bond donors (Lipinski definition) is 1. The Hall–Kier alpha value is -3.87. The summed E-state index contributed by atoms with van der Waals surface area (Å²) in [5.41, 5.74) is 4.94. The van der Waals surface area contributed by atoms with E-state index in [0.29, 0.717) is 22.8 Å². The van der Waals surface area contributed by atoms with Gasteiger partial charge in [0.1, 0.15) is 0 Å². The molecule has 5 aromatic rings. The number of halogens is 1. The van der Waals surface area contributed by atoms with Gasteiger partial charge in [-0.1, -0.05) is 102 Å². The van der Waals surface area contributed by atoms with Crippen molar-refractivity contribution in [2.24, 2.45) is 0 Å². The van der Waals surface area contributed by atoms with Crippen LogP contribution in [-0.2, 0) is 12.2 Å². The number of amides is 1. The average Bonchev–Trinajstić information content (AvgIpc) is 3.37. The number of carbonyl (C=O) groups is 1. The zero-order chi connectivity index (χ0) is 26.3. The van der Waals surface area contributed by atoms with Crippen molar-refractivity contribution in [3.05, 3.63) is 142 Å². The molecule has 1 amide bonds. The standard InChI is InChI=1S/C31H27ClN4OS/c1-22-12-18-27(19-13-22)36-29(34-35-31(36)38-21-24-10-6-3-7-11-24)28(20-23-8-4-2-5-9-23)33-30(37)25-14-16-26(32)17-15-25/h2-19,28H,20-21H2,1H3,(H,33,37). The number of aryl methyl sites for hydroxylation is 1. The zero-order valence-corrected chi connectivity index (χ0v) is 22.5. The first-order valence-electron chi connectivity index (χ1n) is 12.4. The second kappa shape index (κ2) is 12.1. The third kappa shape index (κ3) is 6.33. The van der Waals surface area contributed by atoms with E-state index in [9.17, 15) is 4.79 Å². The quantitative estimate of drug-likeness (QED) is 0.201. The molecule has 5 nitrogen and oxygen atoms in total. The Morgan fingerprint density at radius 3 is 2.13 bits per heavy atom. The Labute approximate surface area is 231 Å². The molecule has 0 spiro atoms. The summed E-state index contributed by atoms with van der Waals surface area (Å²) in [5, 5.41) is 13.8. The second-order valence-electron chi connectivity index (χ2n) is 9.01. The largest absolute Gasteiger partial charge is 0.342 e. The number of carbonyl (C=O) groups excluding carboxylic acids is 1. The Balaban J connectivity index is 1.53. The third-order valence-corrected chi connectivity index (χ3v) is 7.42. The monoisotopic (exact) mass is 538 g/mol. The van der Waals surface area contributed by atoms with Gasteiger partial charge >= 0.3 is 0 Å². The van der Waals surface area contributed by atoms with Crippen molar-refractivity contribution in [2.75, 3.05) is 0 Å². The highest BCUT2D eigenvalue weighted by Crippen LogP contribution is 2.29. The highest BCUT2D eigenvalue weighted by Gasteiger charge is 2.25. The van der Waals surface area contributed by atoms with Crippen molar-refractivity contribution >= 4 is 29.3 Å². The SMILES string of the molecule is Cc1ccc(-n2c(SCc3ccccc3)nnc2C(Cc2ccccc2)NC(=O)c2ccc(Cl)cc2)cc1. The number of nitrogens with one attached hydrogen (secondary N) is 1. The Kier molecular flexibility index (Phi) is 8.22. The number of hydrogen-bond acceptors (Lipinski definition) is 4. The molecule has 190 valence electrons. The van der Waals surface area contributed by atoms with Gasteiger partial charge in [-0.3, -0.25) is 9.36 Å². The molecule has 0 radical (unpaired) electrons. The van der Waals surface area contributed by atoms with E-state index in [-0.39, 0.29) is 5.91 Å². The number of aromatic nitrogens is 3. The van der Waals surface area contributed by atoms with Gasteiger partial charge in [-0.15, -0.1) is 10.2 Å². The normalized spacial score (nSPS) is 11.7. The van der Waals surface area contributed by atoms with Crippen LogP contribution < -0.4 is 5.32 Å². The van der Waals surface area contributed by atoms with E-state index in [1.54, 1.807) is 36.0 Å². The average molecular weight is 539 g/mol.